The first-order valence-electron chi connectivity index (χ1n) is 7.82. The number of nitro groups is 1. The molecule has 27 heavy (non-hydrogen) atoms. The lowest BCUT2D eigenvalue weighted by Gasteiger charge is -2.14. The smallest absolute Gasteiger partial charge is 0.322 e. The van der Waals surface area contributed by atoms with E-state index < -0.39 is 32.6 Å². The Morgan fingerprint density at radius 3 is 2.67 bits per heavy atom. The molecule has 1 atom stereocenters. The van der Waals surface area contributed by atoms with Crippen LogP contribution in [0.5, 0.6) is 0 Å². The van der Waals surface area contributed by atoms with Gasteiger partial charge in [-0.1, -0.05) is 24.3 Å². The number of non-ortho nitro benzene ring substituents is 1. The maximum Gasteiger partial charge on any atom is 0.322 e. The predicted molar refractivity (Wildman–Crippen MR) is 96.8 cm³/mol. The summed E-state index contributed by atoms with van der Waals surface area (Å²) in [5, 5.41) is 21.1. The van der Waals surface area contributed by atoms with Crippen molar-refractivity contribution in [2.75, 3.05) is 0 Å². The maximum atomic E-state index is 12.5. The minimum Gasteiger partial charge on any atom is -0.480 e. The number of rotatable bonds is 7. The van der Waals surface area contributed by atoms with Crippen LogP contribution in [-0.2, 0) is 21.2 Å². The predicted octanol–water partition coefficient (Wildman–Crippen LogP) is 2.05. The molecule has 0 radical (unpaired) electrons. The molecule has 1 aromatic heterocycles. The van der Waals surface area contributed by atoms with Crippen LogP contribution in [0.2, 0.25) is 0 Å². The number of para-hydroxylation sites is 1. The molecule has 0 aliphatic heterocycles. The molecule has 0 bridgehead atoms. The number of aliphatic carboxylic acids is 1. The van der Waals surface area contributed by atoms with Crippen molar-refractivity contribution in [3.05, 3.63) is 70.4 Å². The molecule has 3 aromatic rings. The number of carboxylic acid groups (broad SMARTS) is 1. The lowest BCUT2D eigenvalue weighted by atomic mass is 10.1. The molecule has 2 aromatic carbocycles. The van der Waals surface area contributed by atoms with Crippen LogP contribution in [0, 0.1) is 10.1 Å². The van der Waals surface area contributed by atoms with E-state index in [1.165, 1.54) is 12.1 Å². The molecular weight excluding hydrogens is 374 g/mol. The number of H-pyrrole nitrogens is 1. The van der Waals surface area contributed by atoms with Gasteiger partial charge in [-0.25, -0.2) is 8.42 Å². The Morgan fingerprint density at radius 1 is 1.22 bits per heavy atom. The van der Waals surface area contributed by atoms with E-state index >= 15 is 0 Å². The molecule has 3 rings (SSSR count). The highest BCUT2D eigenvalue weighted by molar-refractivity contribution is 7.89. The van der Waals surface area contributed by atoms with Crippen LogP contribution in [0.4, 0.5) is 5.69 Å². The summed E-state index contributed by atoms with van der Waals surface area (Å²) in [5.41, 5.74) is 1.04. The van der Waals surface area contributed by atoms with Crippen LogP contribution in [0.15, 0.2) is 59.6 Å². The molecule has 3 N–H and O–H groups in total. The Morgan fingerprint density at radius 2 is 1.96 bits per heavy atom. The van der Waals surface area contributed by atoms with Gasteiger partial charge >= 0.3 is 5.97 Å². The van der Waals surface area contributed by atoms with Crippen molar-refractivity contribution >= 4 is 32.6 Å². The van der Waals surface area contributed by atoms with Gasteiger partial charge in [0.05, 0.1) is 9.82 Å². The largest absolute Gasteiger partial charge is 0.480 e. The Kier molecular flexibility index (Phi) is 4.93. The van der Waals surface area contributed by atoms with Crippen LogP contribution in [-0.4, -0.2) is 35.4 Å². The summed E-state index contributed by atoms with van der Waals surface area (Å²) in [4.78, 5) is 24.3. The van der Waals surface area contributed by atoms with Crippen molar-refractivity contribution in [2.45, 2.75) is 17.4 Å². The number of carboxylic acids is 1. The summed E-state index contributed by atoms with van der Waals surface area (Å²) in [5.74, 6) is -1.35. The van der Waals surface area contributed by atoms with Gasteiger partial charge in [0, 0.05) is 35.7 Å². The van der Waals surface area contributed by atoms with Crippen LogP contribution in [0.25, 0.3) is 10.9 Å². The molecule has 140 valence electrons. The third-order valence-electron chi connectivity index (χ3n) is 4.03. The normalized spacial score (nSPS) is 12.7. The molecule has 0 saturated carbocycles. The number of hydrogen-bond acceptors (Lipinski definition) is 5. The SMILES string of the molecule is O=C(O)[C@H](Cc1c[nH]c2ccccc12)NS(=O)(=O)c1cccc([N+](=O)[O-])c1. The Hall–Kier alpha value is -3.24. The van der Waals surface area contributed by atoms with Gasteiger partial charge in [-0.3, -0.25) is 14.9 Å². The second-order valence-corrected chi connectivity index (χ2v) is 7.54. The van der Waals surface area contributed by atoms with E-state index in [1.807, 2.05) is 12.1 Å². The monoisotopic (exact) mass is 389 g/mol. The van der Waals surface area contributed by atoms with Crippen molar-refractivity contribution in [2.24, 2.45) is 0 Å². The molecule has 9 nitrogen and oxygen atoms in total. The number of nitro benzene ring substituents is 1. The Bertz CT molecular complexity index is 1120. The molecule has 10 heteroatoms. The minimum absolute atomic E-state index is 0.0898. The average Bonchev–Trinajstić information content (AvgIpc) is 3.04. The highest BCUT2D eigenvalue weighted by Gasteiger charge is 2.27. The summed E-state index contributed by atoms with van der Waals surface area (Å²) < 4.78 is 27.1. The van der Waals surface area contributed by atoms with Gasteiger partial charge in [-0.2, -0.15) is 4.72 Å². The van der Waals surface area contributed by atoms with E-state index in [0.717, 1.165) is 23.0 Å². The number of aromatic amines is 1. The second kappa shape index (κ2) is 7.17. The van der Waals surface area contributed by atoms with Crippen LogP contribution >= 0.6 is 0 Å². The van der Waals surface area contributed by atoms with E-state index in [9.17, 15) is 28.4 Å². The minimum atomic E-state index is -4.26. The van der Waals surface area contributed by atoms with Crippen molar-refractivity contribution in [3.63, 3.8) is 0 Å². The molecular formula is C17H15N3O6S. The van der Waals surface area contributed by atoms with E-state index in [-0.39, 0.29) is 11.3 Å². The number of fused-ring (bicyclic) bond motifs is 1. The lowest BCUT2D eigenvalue weighted by molar-refractivity contribution is -0.385. The quantitative estimate of drug-likeness (QED) is 0.417. The topological polar surface area (TPSA) is 142 Å². The standard InChI is InChI=1S/C17H15N3O6S/c21-17(22)16(8-11-10-18-15-7-2-1-6-14(11)15)19-27(25,26)13-5-3-4-12(9-13)20(23)24/h1-7,9-10,16,18-19H,8H2,(H,21,22)/t16-/m0/s1. The number of nitrogens with zero attached hydrogens (tertiary/aromatic N) is 1. The van der Waals surface area contributed by atoms with E-state index in [0.29, 0.717) is 5.56 Å². The van der Waals surface area contributed by atoms with Crippen molar-refractivity contribution in [3.8, 4) is 0 Å². The zero-order valence-corrected chi connectivity index (χ0v) is 14.6. The van der Waals surface area contributed by atoms with Crippen molar-refractivity contribution in [1.29, 1.82) is 0 Å². The van der Waals surface area contributed by atoms with Crippen LogP contribution in [0.1, 0.15) is 5.56 Å². The van der Waals surface area contributed by atoms with Crippen LogP contribution in [0.3, 0.4) is 0 Å². The molecule has 0 spiro atoms. The average molecular weight is 389 g/mol. The number of nitrogens with one attached hydrogen (secondary N) is 2. The first-order chi connectivity index (χ1) is 12.8. The van der Waals surface area contributed by atoms with Crippen LogP contribution < -0.4 is 4.72 Å². The first-order valence-corrected chi connectivity index (χ1v) is 9.31. The van der Waals surface area contributed by atoms with Crippen molar-refractivity contribution < 1.29 is 23.2 Å². The molecule has 0 aliphatic rings. The first kappa shape index (κ1) is 18.5. The number of sulfonamides is 1. The fraction of sp³-hybridized carbons (Fsp3) is 0.118. The molecule has 0 aliphatic carbocycles. The van der Waals surface area contributed by atoms with Gasteiger partial charge in [-0.05, 0) is 17.7 Å². The van der Waals surface area contributed by atoms with E-state index in [2.05, 4.69) is 9.71 Å². The highest BCUT2D eigenvalue weighted by Crippen LogP contribution is 2.21. The summed E-state index contributed by atoms with van der Waals surface area (Å²) in [6, 6.07) is 10.2. The fourth-order valence-electron chi connectivity index (χ4n) is 2.72. The third-order valence-corrected chi connectivity index (χ3v) is 5.50. The van der Waals surface area contributed by atoms with Gasteiger partial charge in [0.2, 0.25) is 10.0 Å². The van der Waals surface area contributed by atoms with Gasteiger partial charge in [0.1, 0.15) is 6.04 Å². The Labute approximate surface area is 153 Å². The number of benzene rings is 2. The summed E-state index contributed by atoms with van der Waals surface area (Å²) in [6.07, 6.45) is 1.54. The molecule has 0 fully saturated rings. The lowest BCUT2D eigenvalue weighted by Crippen LogP contribution is -2.42. The summed E-state index contributed by atoms with van der Waals surface area (Å²) in [6.45, 7) is 0. The zero-order chi connectivity index (χ0) is 19.6. The van der Waals surface area contributed by atoms with E-state index in [1.54, 1.807) is 18.3 Å². The summed E-state index contributed by atoms with van der Waals surface area (Å²) >= 11 is 0. The molecule has 0 amide bonds. The van der Waals surface area contributed by atoms with E-state index in [4.69, 9.17) is 0 Å². The Balaban J connectivity index is 1.89. The second-order valence-electron chi connectivity index (χ2n) is 5.83. The molecule has 0 saturated heterocycles. The highest BCUT2D eigenvalue weighted by atomic mass is 32.2. The fourth-order valence-corrected chi connectivity index (χ4v) is 3.95. The zero-order valence-electron chi connectivity index (χ0n) is 13.8. The number of hydrogen-bond donors (Lipinski definition) is 3. The molecule has 0 unspecified atom stereocenters. The third kappa shape index (κ3) is 3.96. The number of aromatic nitrogens is 1. The summed E-state index contributed by atoms with van der Waals surface area (Å²) in [7, 11) is -4.26. The van der Waals surface area contributed by atoms with Gasteiger partial charge < -0.3 is 10.1 Å². The molecule has 1 heterocycles. The van der Waals surface area contributed by atoms with Crippen molar-refractivity contribution in [1.82, 2.24) is 9.71 Å². The van der Waals surface area contributed by atoms with Gasteiger partial charge in [0.15, 0.2) is 0 Å². The van der Waals surface area contributed by atoms with Gasteiger partial charge in [-0.15, -0.1) is 0 Å². The van der Waals surface area contributed by atoms with Gasteiger partial charge in [0.25, 0.3) is 5.69 Å². The maximum absolute atomic E-state index is 12.5. The number of carbonyl (C=O) groups is 1.